The topological polar surface area (TPSA) is 47.6 Å². The van der Waals surface area contributed by atoms with Gasteiger partial charge < -0.3 is 0 Å². The van der Waals surface area contributed by atoms with Crippen molar-refractivity contribution >= 4 is 47.8 Å². The van der Waals surface area contributed by atoms with E-state index in [1.807, 2.05) is 43.3 Å². The van der Waals surface area contributed by atoms with Gasteiger partial charge in [0.25, 0.3) is 0 Å². The van der Waals surface area contributed by atoms with Gasteiger partial charge in [0.15, 0.2) is 0 Å². The maximum atomic E-state index is 8.68. The zero-order valence-electron chi connectivity index (χ0n) is 11.2. The maximum absolute atomic E-state index is 8.68. The van der Waals surface area contributed by atoms with Gasteiger partial charge in [0.1, 0.15) is 0 Å². The zero-order valence-corrected chi connectivity index (χ0v) is 16.0. The minimum Gasteiger partial charge on any atom is -0.192 e. The SMILES string of the molecule is Cc1ccc(Br)cc1C#N.N#Cc1cc(Br)ccc1CBr. The highest BCUT2D eigenvalue weighted by Crippen LogP contribution is 2.17. The highest BCUT2D eigenvalue weighted by Gasteiger charge is 1.99. The van der Waals surface area contributed by atoms with Crippen LogP contribution in [0, 0.1) is 29.6 Å². The van der Waals surface area contributed by atoms with E-state index >= 15 is 0 Å². The molecule has 2 aromatic carbocycles. The molecule has 0 atom stereocenters. The Morgan fingerprint density at radius 3 is 1.90 bits per heavy atom. The summed E-state index contributed by atoms with van der Waals surface area (Å²) in [6, 6.07) is 15.6. The fraction of sp³-hybridized carbons (Fsp3) is 0.125. The molecule has 2 nitrogen and oxygen atoms in total. The predicted octanol–water partition coefficient (Wildman–Crippen LogP) is 5.84. The van der Waals surface area contributed by atoms with Gasteiger partial charge in [0.05, 0.1) is 23.3 Å². The van der Waals surface area contributed by atoms with Crippen molar-refractivity contribution in [3.63, 3.8) is 0 Å². The van der Waals surface area contributed by atoms with Gasteiger partial charge >= 0.3 is 0 Å². The monoisotopic (exact) mass is 468 g/mol. The first kappa shape index (κ1) is 17.9. The summed E-state index contributed by atoms with van der Waals surface area (Å²) < 4.78 is 1.90. The van der Waals surface area contributed by atoms with Crippen LogP contribution in [0.5, 0.6) is 0 Å². The average Bonchev–Trinajstić information content (AvgIpc) is 2.50. The molecule has 0 amide bonds. The largest absolute Gasteiger partial charge is 0.192 e. The Morgan fingerprint density at radius 1 is 0.905 bits per heavy atom. The van der Waals surface area contributed by atoms with E-state index in [1.165, 1.54) is 0 Å². The van der Waals surface area contributed by atoms with E-state index in [1.54, 1.807) is 0 Å². The Hall–Kier alpha value is -1.14. The molecule has 0 saturated carbocycles. The Bertz CT molecular complexity index is 712. The van der Waals surface area contributed by atoms with Crippen molar-refractivity contribution in [3.05, 3.63) is 67.6 Å². The molecular formula is C16H11Br3N2. The normalized spacial score (nSPS) is 9.05. The summed E-state index contributed by atoms with van der Waals surface area (Å²) in [6.07, 6.45) is 0. The highest BCUT2D eigenvalue weighted by atomic mass is 79.9. The Kier molecular flexibility index (Phi) is 7.67. The molecule has 106 valence electrons. The van der Waals surface area contributed by atoms with Crippen LogP contribution in [-0.2, 0) is 5.33 Å². The number of hydrogen-bond donors (Lipinski definition) is 0. The summed E-state index contributed by atoms with van der Waals surface area (Å²) in [5.74, 6) is 0. The van der Waals surface area contributed by atoms with Crippen LogP contribution in [-0.4, -0.2) is 0 Å². The third-order valence-electron chi connectivity index (χ3n) is 2.66. The second-order valence-electron chi connectivity index (χ2n) is 4.12. The van der Waals surface area contributed by atoms with Crippen LogP contribution < -0.4 is 0 Å². The molecule has 2 aromatic rings. The molecule has 21 heavy (non-hydrogen) atoms. The second kappa shape index (κ2) is 9.00. The van der Waals surface area contributed by atoms with Crippen LogP contribution in [0.4, 0.5) is 0 Å². The quantitative estimate of drug-likeness (QED) is 0.491. The smallest absolute Gasteiger partial charge is 0.0995 e. The van der Waals surface area contributed by atoms with Gasteiger partial charge in [0, 0.05) is 14.3 Å². The van der Waals surface area contributed by atoms with E-state index in [0.29, 0.717) is 0 Å². The summed E-state index contributed by atoms with van der Waals surface area (Å²) in [6.45, 7) is 1.92. The summed E-state index contributed by atoms with van der Waals surface area (Å²) in [5.41, 5.74) is 3.49. The van der Waals surface area contributed by atoms with Gasteiger partial charge in [-0.05, 0) is 42.3 Å². The van der Waals surface area contributed by atoms with Crippen LogP contribution in [0.25, 0.3) is 0 Å². The van der Waals surface area contributed by atoms with Gasteiger partial charge in [0.2, 0.25) is 0 Å². The maximum Gasteiger partial charge on any atom is 0.0995 e. The summed E-state index contributed by atoms with van der Waals surface area (Å²) in [4.78, 5) is 0. The minimum absolute atomic E-state index is 0.719. The Morgan fingerprint density at radius 2 is 1.43 bits per heavy atom. The lowest BCUT2D eigenvalue weighted by atomic mass is 10.1. The van der Waals surface area contributed by atoms with Gasteiger partial charge in [-0.25, -0.2) is 0 Å². The van der Waals surface area contributed by atoms with Crippen molar-refractivity contribution in [3.8, 4) is 12.1 Å². The van der Waals surface area contributed by atoms with Crippen LogP contribution in [0.2, 0.25) is 0 Å². The molecule has 0 aliphatic rings. The first-order valence-electron chi connectivity index (χ1n) is 5.92. The molecule has 0 spiro atoms. The third kappa shape index (κ3) is 5.63. The third-order valence-corrected chi connectivity index (χ3v) is 4.25. The first-order valence-corrected chi connectivity index (χ1v) is 8.63. The summed E-state index contributed by atoms with van der Waals surface area (Å²) in [7, 11) is 0. The van der Waals surface area contributed by atoms with Gasteiger partial charge in [-0.15, -0.1) is 0 Å². The lowest BCUT2D eigenvalue weighted by molar-refractivity contribution is 1.36. The van der Waals surface area contributed by atoms with Crippen LogP contribution in [0.1, 0.15) is 22.3 Å². The minimum atomic E-state index is 0.719. The summed E-state index contributed by atoms with van der Waals surface area (Å²) >= 11 is 9.89. The van der Waals surface area contributed by atoms with Crippen molar-refractivity contribution < 1.29 is 0 Å². The molecule has 0 heterocycles. The Labute approximate surface area is 149 Å². The lowest BCUT2D eigenvalue weighted by Crippen LogP contribution is -1.84. The molecular weight excluding hydrogens is 460 g/mol. The fourth-order valence-corrected chi connectivity index (χ4v) is 2.70. The number of hydrogen-bond acceptors (Lipinski definition) is 2. The molecule has 0 aliphatic carbocycles. The summed E-state index contributed by atoms with van der Waals surface area (Å²) in [5, 5.41) is 18.0. The Balaban J connectivity index is 0.000000211. The lowest BCUT2D eigenvalue weighted by Gasteiger charge is -1.98. The van der Waals surface area contributed by atoms with Gasteiger partial charge in [-0.2, -0.15) is 10.5 Å². The van der Waals surface area contributed by atoms with E-state index in [2.05, 4.69) is 59.9 Å². The second-order valence-corrected chi connectivity index (χ2v) is 6.51. The molecule has 5 heteroatoms. The molecule has 0 N–H and O–H groups in total. The first-order chi connectivity index (χ1) is 10.0. The molecule has 2 rings (SSSR count). The van der Waals surface area contributed by atoms with E-state index in [4.69, 9.17) is 10.5 Å². The molecule has 0 bridgehead atoms. The number of rotatable bonds is 1. The number of benzene rings is 2. The fourth-order valence-electron chi connectivity index (χ4n) is 1.48. The molecule has 0 aliphatic heterocycles. The number of nitriles is 2. The van der Waals surface area contributed by atoms with Crippen molar-refractivity contribution in [2.24, 2.45) is 0 Å². The van der Waals surface area contributed by atoms with Crippen molar-refractivity contribution in [2.75, 3.05) is 0 Å². The van der Waals surface area contributed by atoms with E-state index in [9.17, 15) is 0 Å². The molecule has 0 saturated heterocycles. The van der Waals surface area contributed by atoms with Crippen molar-refractivity contribution in [1.82, 2.24) is 0 Å². The molecule has 0 fully saturated rings. The molecule has 0 radical (unpaired) electrons. The number of halogens is 3. The average molecular weight is 471 g/mol. The van der Waals surface area contributed by atoms with E-state index in [-0.39, 0.29) is 0 Å². The predicted molar refractivity (Wildman–Crippen MR) is 95.1 cm³/mol. The highest BCUT2D eigenvalue weighted by molar-refractivity contribution is 9.10. The number of nitrogens with zero attached hydrogens (tertiary/aromatic N) is 2. The van der Waals surface area contributed by atoms with Gasteiger partial charge in [-0.1, -0.05) is 59.9 Å². The standard InChI is InChI=1S/C8H5Br2N.C8H6BrN/c9-4-6-1-2-8(10)3-7(6)5-11;1-6-2-3-8(9)4-7(6)5-10/h1-3H,4H2;2-4H,1H3. The van der Waals surface area contributed by atoms with Crippen LogP contribution in [0.3, 0.4) is 0 Å². The van der Waals surface area contributed by atoms with Crippen LogP contribution in [0.15, 0.2) is 45.3 Å². The van der Waals surface area contributed by atoms with Crippen molar-refractivity contribution in [1.29, 1.82) is 10.5 Å². The molecule has 0 aromatic heterocycles. The zero-order chi connectivity index (χ0) is 15.8. The molecule has 0 unspecified atom stereocenters. The van der Waals surface area contributed by atoms with E-state index < -0.39 is 0 Å². The number of alkyl halides is 1. The van der Waals surface area contributed by atoms with Crippen molar-refractivity contribution in [2.45, 2.75) is 12.3 Å². The van der Waals surface area contributed by atoms with Gasteiger partial charge in [-0.3, -0.25) is 0 Å². The number of aryl methyl sites for hydroxylation is 1. The van der Waals surface area contributed by atoms with Crippen LogP contribution >= 0.6 is 47.8 Å². The van der Waals surface area contributed by atoms with E-state index in [0.717, 1.165) is 36.5 Å².